The largest absolute Gasteiger partial charge is 0.356 e. The van der Waals surface area contributed by atoms with Crippen LogP contribution in [-0.4, -0.2) is 22.2 Å². The van der Waals surface area contributed by atoms with Crippen molar-refractivity contribution in [1.82, 2.24) is 15.1 Å². The molecule has 1 amide bonds. The Morgan fingerprint density at radius 1 is 1.38 bits per heavy atom. The van der Waals surface area contributed by atoms with Crippen molar-refractivity contribution in [1.29, 1.82) is 0 Å². The van der Waals surface area contributed by atoms with E-state index in [1.165, 1.54) is 0 Å². The van der Waals surface area contributed by atoms with E-state index in [2.05, 4.69) is 10.4 Å². The van der Waals surface area contributed by atoms with Crippen LogP contribution in [0.15, 0.2) is 42.7 Å². The second-order valence-corrected chi connectivity index (χ2v) is 4.84. The van der Waals surface area contributed by atoms with Crippen LogP contribution in [0.2, 0.25) is 0 Å². The topological polar surface area (TPSA) is 72.9 Å². The molecule has 0 fully saturated rings. The van der Waals surface area contributed by atoms with Gasteiger partial charge in [-0.2, -0.15) is 5.10 Å². The molecule has 0 bridgehead atoms. The fourth-order valence-corrected chi connectivity index (χ4v) is 2.04. The van der Waals surface area contributed by atoms with Gasteiger partial charge in [-0.3, -0.25) is 9.48 Å². The van der Waals surface area contributed by atoms with E-state index >= 15 is 0 Å². The summed E-state index contributed by atoms with van der Waals surface area (Å²) in [7, 11) is 1.88. The van der Waals surface area contributed by atoms with Gasteiger partial charge >= 0.3 is 0 Å². The molecule has 0 spiro atoms. The van der Waals surface area contributed by atoms with Crippen LogP contribution >= 0.6 is 12.4 Å². The second kappa shape index (κ2) is 8.44. The van der Waals surface area contributed by atoms with Crippen LogP contribution in [0.5, 0.6) is 0 Å². The molecule has 2 rings (SSSR count). The molecule has 1 aromatic heterocycles. The summed E-state index contributed by atoms with van der Waals surface area (Å²) in [6, 6.07) is 9.41. The first-order valence-corrected chi connectivity index (χ1v) is 6.70. The van der Waals surface area contributed by atoms with Crippen LogP contribution in [0.25, 0.3) is 0 Å². The number of nitrogens with zero attached hydrogens (tertiary/aromatic N) is 2. The third-order valence-corrected chi connectivity index (χ3v) is 3.13. The fraction of sp³-hybridized carbons (Fsp3) is 0.333. The van der Waals surface area contributed by atoms with E-state index in [1.807, 2.05) is 49.8 Å². The van der Waals surface area contributed by atoms with Gasteiger partial charge in [0.1, 0.15) is 0 Å². The van der Waals surface area contributed by atoms with Crippen molar-refractivity contribution >= 4 is 18.3 Å². The summed E-state index contributed by atoms with van der Waals surface area (Å²) in [4.78, 5) is 11.8. The Morgan fingerprint density at radius 2 is 2.10 bits per heavy atom. The average Bonchev–Trinajstić information content (AvgIpc) is 2.85. The maximum absolute atomic E-state index is 11.8. The second-order valence-electron chi connectivity index (χ2n) is 4.84. The smallest absolute Gasteiger partial charge is 0.221 e. The fourth-order valence-electron chi connectivity index (χ4n) is 2.04. The first-order chi connectivity index (χ1) is 9.65. The molecule has 2 aromatic rings. The van der Waals surface area contributed by atoms with Crippen LogP contribution < -0.4 is 11.1 Å². The Morgan fingerprint density at radius 3 is 2.71 bits per heavy atom. The Hall–Kier alpha value is -1.85. The van der Waals surface area contributed by atoms with Crippen molar-refractivity contribution in [2.45, 2.75) is 18.9 Å². The number of halogens is 1. The molecule has 1 atom stereocenters. The average molecular weight is 309 g/mol. The van der Waals surface area contributed by atoms with E-state index < -0.39 is 0 Å². The monoisotopic (exact) mass is 308 g/mol. The van der Waals surface area contributed by atoms with E-state index in [1.54, 1.807) is 4.68 Å². The van der Waals surface area contributed by atoms with Crippen LogP contribution in [0, 0.1) is 0 Å². The maximum Gasteiger partial charge on any atom is 0.221 e. The molecule has 6 heteroatoms. The molecule has 114 valence electrons. The first kappa shape index (κ1) is 17.2. The van der Waals surface area contributed by atoms with E-state index in [0.29, 0.717) is 13.0 Å². The quantitative estimate of drug-likeness (QED) is 0.851. The highest BCUT2D eigenvalue weighted by molar-refractivity contribution is 5.85. The van der Waals surface area contributed by atoms with Gasteiger partial charge in [0.2, 0.25) is 5.91 Å². The van der Waals surface area contributed by atoms with Crippen molar-refractivity contribution < 1.29 is 4.79 Å². The molecule has 0 aliphatic carbocycles. The van der Waals surface area contributed by atoms with E-state index in [-0.39, 0.29) is 24.4 Å². The predicted molar refractivity (Wildman–Crippen MR) is 85.2 cm³/mol. The number of carbonyl (C=O) groups excluding carboxylic acids is 1. The lowest BCUT2D eigenvalue weighted by molar-refractivity contribution is -0.121. The highest BCUT2D eigenvalue weighted by Gasteiger charge is 2.10. The van der Waals surface area contributed by atoms with Crippen molar-refractivity contribution in [2.75, 3.05) is 6.54 Å². The summed E-state index contributed by atoms with van der Waals surface area (Å²) in [5, 5.41) is 6.97. The summed E-state index contributed by atoms with van der Waals surface area (Å²) >= 11 is 0. The predicted octanol–water partition coefficient (Wildman–Crippen LogP) is 1.59. The Balaban J connectivity index is 0.00000220. The molecule has 5 nitrogen and oxygen atoms in total. The van der Waals surface area contributed by atoms with E-state index in [0.717, 1.165) is 17.5 Å². The van der Waals surface area contributed by atoms with Gasteiger partial charge in [0, 0.05) is 32.3 Å². The maximum atomic E-state index is 11.8. The van der Waals surface area contributed by atoms with E-state index in [4.69, 9.17) is 5.73 Å². The van der Waals surface area contributed by atoms with Gasteiger partial charge in [0.15, 0.2) is 0 Å². The molecule has 0 saturated heterocycles. The number of amides is 1. The molecule has 0 radical (unpaired) electrons. The number of aryl methyl sites for hydroxylation is 1. The van der Waals surface area contributed by atoms with Gasteiger partial charge in [-0.15, -0.1) is 12.4 Å². The summed E-state index contributed by atoms with van der Waals surface area (Å²) in [6.45, 7) is 0.603. The minimum absolute atomic E-state index is 0. The minimum atomic E-state index is -0.255. The van der Waals surface area contributed by atoms with Crippen molar-refractivity contribution in [2.24, 2.45) is 12.8 Å². The van der Waals surface area contributed by atoms with Crippen LogP contribution in [0.1, 0.15) is 23.6 Å². The Labute approximate surface area is 130 Å². The number of nitrogens with two attached hydrogens (primary N) is 1. The first-order valence-electron chi connectivity index (χ1n) is 6.70. The van der Waals surface area contributed by atoms with E-state index in [9.17, 15) is 4.79 Å². The van der Waals surface area contributed by atoms with Crippen LogP contribution in [0.4, 0.5) is 0 Å². The number of rotatable bonds is 6. The number of nitrogens with one attached hydrogen (secondary N) is 1. The molecule has 0 saturated carbocycles. The molecule has 0 aliphatic rings. The lowest BCUT2D eigenvalue weighted by Crippen LogP contribution is -2.29. The Kier molecular flexibility index (Phi) is 6.91. The molecule has 1 aromatic carbocycles. The van der Waals surface area contributed by atoms with Gasteiger partial charge < -0.3 is 11.1 Å². The lowest BCUT2D eigenvalue weighted by atomic mass is 10.0. The van der Waals surface area contributed by atoms with Crippen molar-refractivity contribution in [3.05, 3.63) is 53.9 Å². The molecule has 21 heavy (non-hydrogen) atoms. The van der Waals surface area contributed by atoms with Crippen molar-refractivity contribution in [3.8, 4) is 0 Å². The third-order valence-electron chi connectivity index (χ3n) is 3.13. The van der Waals surface area contributed by atoms with Gasteiger partial charge in [0.05, 0.1) is 6.20 Å². The van der Waals surface area contributed by atoms with Gasteiger partial charge in [-0.25, -0.2) is 0 Å². The number of benzene rings is 1. The number of hydrogen-bond acceptors (Lipinski definition) is 3. The minimum Gasteiger partial charge on any atom is -0.356 e. The summed E-state index contributed by atoms with van der Waals surface area (Å²) in [5.41, 5.74) is 8.10. The zero-order chi connectivity index (χ0) is 14.4. The highest BCUT2D eigenvalue weighted by Crippen LogP contribution is 2.12. The van der Waals surface area contributed by atoms with Gasteiger partial charge in [-0.05, 0) is 17.5 Å². The highest BCUT2D eigenvalue weighted by atomic mass is 35.5. The lowest BCUT2D eigenvalue weighted by Gasteiger charge is -2.11. The molecule has 0 aliphatic heterocycles. The summed E-state index contributed by atoms with van der Waals surface area (Å²) in [5.74, 6) is -0.0229. The SMILES string of the molecule is Cl.Cn1cc(CCNC(=O)CC(N)c2ccccc2)cn1. The third kappa shape index (κ3) is 5.57. The standard InChI is InChI=1S/C15H20N4O.ClH/c1-19-11-12(10-18-19)7-8-17-15(20)9-14(16)13-5-3-2-4-6-13;/h2-6,10-11,14H,7-9,16H2,1H3,(H,17,20);1H. The Bertz CT molecular complexity index is 556. The normalized spacial score (nSPS) is 11.5. The van der Waals surface area contributed by atoms with Gasteiger partial charge in [-0.1, -0.05) is 30.3 Å². The number of hydrogen-bond donors (Lipinski definition) is 2. The van der Waals surface area contributed by atoms with Crippen molar-refractivity contribution in [3.63, 3.8) is 0 Å². The molecule has 3 N–H and O–H groups in total. The van der Waals surface area contributed by atoms with Gasteiger partial charge in [0.25, 0.3) is 0 Å². The molecular formula is C15H21ClN4O. The van der Waals surface area contributed by atoms with Crippen LogP contribution in [-0.2, 0) is 18.3 Å². The molecule has 1 heterocycles. The summed E-state index contributed by atoms with van der Waals surface area (Å²) in [6.07, 6.45) is 4.83. The molecule has 1 unspecified atom stereocenters. The zero-order valence-corrected chi connectivity index (χ0v) is 12.8. The van der Waals surface area contributed by atoms with Crippen LogP contribution in [0.3, 0.4) is 0 Å². The number of carbonyl (C=O) groups is 1. The zero-order valence-electron chi connectivity index (χ0n) is 12.0. The molecular weight excluding hydrogens is 288 g/mol. The number of aromatic nitrogens is 2. The summed E-state index contributed by atoms with van der Waals surface area (Å²) < 4.78 is 1.75.